The molecule has 3 rings (SSSR count). The molecule has 1 saturated heterocycles. The highest BCUT2D eigenvalue weighted by atomic mass is 35.5. The molecule has 5 nitrogen and oxygen atoms in total. The molecule has 2 aromatic rings. The average Bonchev–Trinajstić information content (AvgIpc) is 3.07. The molecule has 0 aromatic heterocycles. The van der Waals surface area contributed by atoms with Gasteiger partial charge in [0.05, 0.1) is 21.8 Å². The summed E-state index contributed by atoms with van der Waals surface area (Å²) >= 11 is 25.7. The third-order valence-corrected chi connectivity index (χ3v) is 7.08. The van der Waals surface area contributed by atoms with Gasteiger partial charge in [0, 0.05) is 21.3 Å². The second kappa shape index (κ2) is 10.3. The van der Waals surface area contributed by atoms with Crippen LogP contribution in [0, 0.1) is 0 Å². The molecular formula is C20H18Cl4N2O3S. The lowest BCUT2D eigenvalue weighted by Crippen LogP contribution is -2.41. The van der Waals surface area contributed by atoms with E-state index in [1.165, 1.54) is 17.8 Å². The van der Waals surface area contributed by atoms with Crippen molar-refractivity contribution in [2.24, 2.45) is 0 Å². The van der Waals surface area contributed by atoms with Crippen LogP contribution >= 0.6 is 58.2 Å². The lowest BCUT2D eigenvalue weighted by molar-refractivity contribution is -0.131. The van der Waals surface area contributed by atoms with Crippen molar-refractivity contribution in [3.63, 3.8) is 0 Å². The summed E-state index contributed by atoms with van der Waals surface area (Å²) in [4.78, 5) is 26.5. The van der Waals surface area contributed by atoms with Crippen LogP contribution in [-0.4, -0.2) is 35.3 Å². The van der Waals surface area contributed by atoms with E-state index in [0.717, 1.165) is 5.56 Å². The maximum absolute atomic E-state index is 12.6. The number of nitrogens with zero attached hydrogens (tertiary/aromatic N) is 1. The van der Waals surface area contributed by atoms with E-state index in [4.69, 9.17) is 51.1 Å². The highest BCUT2D eigenvalue weighted by Gasteiger charge is 2.38. The Kier molecular flexibility index (Phi) is 8.04. The fourth-order valence-electron chi connectivity index (χ4n) is 3.07. The number of hydrogen-bond acceptors (Lipinski definition) is 4. The quantitative estimate of drug-likeness (QED) is 0.461. The summed E-state index contributed by atoms with van der Waals surface area (Å²) < 4.78 is 5.38. The zero-order chi connectivity index (χ0) is 21.8. The third-order valence-electron chi connectivity index (χ3n) is 4.57. The fourth-order valence-corrected chi connectivity index (χ4v) is 5.23. The lowest BCUT2D eigenvalue weighted by Gasteiger charge is -2.32. The number of halogens is 4. The Labute approximate surface area is 198 Å². The molecule has 1 heterocycles. The first kappa shape index (κ1) is 23.4. The first-order valence-corrected chi connectivity index (χ1v) is 11.6. The second-order valence-electron chi connectivity index (χ2n) is 6.54. The number of ether oxygens (including phenoxy) is 1. The van der Waals surface area contributed by atoms with Crippen molar-refractivity contribution < 1.29 is 14.3 Å². The first-order chi connectivity index (χ1) is 14.3. The number of anilines is 1. The van der Waals surface area contributed by atoms with Gasteiger partial charge in [0.15, 0.2) is 0 Å². The van der Waals surface area contributed by atoms with Gasteiger partial charge >= 0.3 is 6.09 Å². The van der Waals surface area contributed by atoms with Crippen LogP contribution in [0.15, 0.2) is 36.4 Å². The van der Waals surface area contributed by atoms with Crippen LogP contribution in [0.3, 0.4) is 0 Å². The highest BCUT2D eigenvalue weighted by molar-refractivity contribution is 8.00. The smallest absolute Gasteiger partial charge is 0.411 e. The maximum Gasteiger partial charge on any atom is 0.411 e. The Hall–Kier alpha value is -1.31. The van der Waals surface area contributed by atoms with Gasteiger partial charge in [-0.25, -0.2) is 4.79 Å². The minimum atomic E-state index is -0.646. The molecule has 0 spiro atoms. The van der Waals surface area contributed by atoms with Crippen LogP contribution in [-0.2, 0) is 9.53 Å². The van der Waals surface area contributed by atoms with E-state index in [0.29, 0.717) is 38.0 Å². The van der Waals surface area contributed by atoms with Gasteiger partial charge in [-0.3, -0.25) is 10.1 Å². The average molecular weight is 508 g/mol. The number of benzene rings is 2. The molecule has 1 aliphatic heterocycles. The maximum atomic E-state index is 12.6. The first-order valence-electron chi connectivity index (χ1n) is 9.06. The van der Waals surface area contributed by atoms with Gasteiger partial charge in [-0.15, -0.1) is 11.8 Å². The summed E-state index contributed by atoms with van der Waals surface area (Å²) in [5.74, 6) is 0.298. The summed E-state index contributed by atoms with van der Waals surface area (Å²) in [6.07, 6.45) is -0.0409. The summed E-state index contributed by atoms with van der Waals surface area (Å²) in [6.45, 7) is 1.97. The van der Waals surface area contributed by atoms with E-state index >= 15 is 0 Å². The largest absolute Gasteiger partial charge is 0.447 e. The molecule has 0 bridgehead atoms. The van der Waals surface area contributed by atoms with Crippen LogP contribution in [0.25, 0.3) is 0 Å². The monoisotopic (exact) mass is 506 g/mol. The second-order valence-corrected chi connectivity index (χ2v) is 9.27. The van der Waals surface area contributed by atoms with Gasteiger partial charge in [-0.05, 0) is 36.8 Å². The van der Waals surface area contributed by atoms with Crippen molar-refractivity contribution in [3.05, 3.63) is 62.1 Å². The lowest BCUT2D eigenvalue weighted by atomic mass is 10.1. The number of carbonyl (C=O) groups excluding carboxylic acids is 2. The van der Waals surface area contributed by atoms with E-state index in [2.05, 4.69) is 5.32 Å². The molecule has 10 heteroatoms. The van der Waals surface area contributed by atoms with Crippen molar-refractivity contribution in [2.75, 3.05) is 17.7 Å². The SMILES string of the molecule is CCC(COC(=O)Nc1ccc(Cl)c(Cl)c1)N1C(=O)CSC1c1ccc(Cl)cc1Cl. The van der Waals surface area contributed by atoms with E-state index < -0.39 is 6.09 Å². The topological polar surface area (TPSA) is 58.6 Å². The van der Waals surface area contributed by atoms with E-state index in [-0.39, 0.29) is 23.9 Å². The van der Waals surface area contributed by atoms with Crippen LogP contribution in [0.1, 0.15) is 24.3 Å². The molecule has 0 saturated carbocycles. The number of thioether (sulfide) groups is 1. The summed E-state index contributed by atoms with van der Waals surface area (Å²) in [5.41, 5.74) is 1.26. The van der Waals surface area contributed by atoms with Gasteiger partial charge in [0.25, 0.3) is 0 Å². The molecule has 1 fully saturated rings. The number of rotatable bonds is 6. The molecule has 1 aliphatic rings. The molecule has 0 aliphatic carbocycles. The molecule has 1 N–H and O–H groups in total. The Balaban J connectivity index is 1.68. The number of nitrogens with one attached hydrogen (secondary N) is 1. The summed E-state index contributed by atoms with van der Waals surface area (Å²) in [7, 11) is 0. The van der Waals surface area contributed by atoms with Crippen molar-refractivity contribution in [1.29, 1.82) is 0 Å². The van der Waals surface area contributed by atoms with E-state index in [1.54, 1.807) is 29.2 Å². The number of carbonyl (C=O) groups is 2. The predicted molar refractivity (Wildman–Crippen MR) is 124 cm³/mol. The van der Waals surface area contributed by atoms with E-state index in [1.807, 2.05) is 13.0 Å². The third kappa shape index (κ3) is 5.48. The molecule has 2 aromatic carbocycles. The van der Waals surface area contributed by atoms with Gasteiger partial charge in [0.2, 0.25) is 5.91 Å². The molecular weight excluding hydrogens is 490 g/mol. The van der Waals surface area contributed by atoms with Gasteiger partial charge in [-0.1, -0.05) is 59.4 Å². The molecule has 2 unspecified atom stereocenters. The molecule has 30 heavy (non-hydrogen) atoms. The van der Waals surface area contributed by atoms with Crippen LogP contribution in [0.5, 0.6) is 0 Å². The normalized spacial score (nSPS) is 17.2. The number of amides is 2. The van der Waals surface area contributed by atoms with Gasteiger partial charge < -0.3 is 9.64 Å². The molecule has 2 atom stereocenters. The Morgan fingerprint density at radius 3 is 2.60 bits per heavy atom. The minimum absolute atomic E-state index is 0.0312. The summed E-state index contributed by atoms with van der Waals surface area (Å²) in [5, 5.41) is 4.06. The van der Waals surface area contributed by atoms with Crippen LogP contribution < -0.4 is 5.32 Å². The minimum Gasteiger partial charge on any atom is -0.447 e. The van der Waals surface area contributed by atoms with Crippen LogP contribution in [0.2, 0.25) is 20.1 Å². The molecule has 0 radical (unpaired) electrons. The standard InChI is InChI=1S/C20H18Cl4N2O3S/c1-2-13(9-29-20(28)25-12-4-6-15(22)17(24)8-12)26-18(27)10-30-19(26)14-5-3-11(21)7-16(14)23/h3-8,13,19H,2,9-10H2,1H3,(H,25,28). The highest BCUT2D eigenvalue weighted by Crippen LogP contribution is 2.43. The van der Waals surface area contributed by atoms with Crippen molar-refractivity contribution in [3.8, 4) is 0 Å². The fraction of sp³-hybridized carbons (Fsp3) is 0.300. The van der Waals surface area contributed by atoms with E-state index in [9.17, 15) is 9.59 Å². The van der Waals surface area contributed by atoms with Crippen molar-refractivity contribution >= 4 is 75.9 Å². The van der Waals surface area contributed by atoms with Crippen molar-refractivity contribution in [1.82, 2.24) is 4.90 Å². The molecule has 2 amide bonds. The zero-order valence-electron chi connectivity index (χ0n) is 15.8. The Morgan fingerprint density at radius 2 is 1.93 bits per heavy atom. The summed E-state index contributed by atoms with van der Waals surface area (Å²) in [6, 6.07) is 9.64. The molecule has 160 valence electrons. The Morgan fingerprint density at radius 1 is 1.17 bits per heavy atom. The van der Waals surface area contributed by atoms with Gasteiger partial charge in [-0.2, -0.15) is 0 Å². The van der Waals surface area contributed by atoms with Crippen LogP contribution in [0.4, 0.5) is 10.5 Å². The van der Waals surface area contributed by atoms with Gasteiger partial charge in [0.1, 0.15) is 12.0 Å². The predicted octanol–water partition coefficient (Wildman–Crippen LogP) is 6.90. The Bertz CT molecular complexity index is 960. The zero-order valence-corrected chi connectivity index (χ0v) is 19.7. The number of hydrogen-bond donors (Lipinski definition) is 1. The van der Waals surface area contributed by atoms with Crippen molar-refractivity contribution in [2.45, 2.75) is 24.8 Å².